The van der Waals surface area contributed by atoms with Crippen LogP contribution in [-0.2, 0) is 28.6 Å². The summed E-state index contributed by atoms with van der Waals surface area (Å²) in [6.07, 6.45) is 6.24. The summed E-state index contributed by atoms with van der Waals surface area (Å²) < 4.78 is 17.4. The number of cyclic esters (lactones) is 1. The SMILES string of the molecule is C/C=C1\C[C@@H](C)[C@@](C)(OC(C)=O)C(=O)OCC2=C3[C@@H](CC[N+]3(C)C=C2)OC1=O. The number of nitrogens with zero attached hydrogens (tertiary/aromatic N) is 1. The molecule has 1 fully saturated rings. The Hall–Kier alpha value is -2.41. The Bertz CT molecular complexity index is 810. The van der Waals surface area contributed by atoms with Crippen LogP contribution in [0.25, 0.3) is 0 Å². The van der Waals surface area contributed by atoms with Gasteiger partial charge in [0.05, 0.1) is 19.2 Å². The molecular formula is C21H28NO6+. The molecule has 3 rings (SSSR count). The van der Waals surface area contributed by atoms with Gasteiger partial charge in [-0.3, -0.25) is 9.28 Å². The van der Waals surface area contributed by atoms with E-state index in [1.165, 1.54) is 13.8 Å². The molecule has 3 heterocycles. The van der Waals surface area contributed by atoms with E-state index >= 15 is 0 Å². The summed E-state index contributed by atoms with van der Waals surface area (Å²) in [6.45, 7) is 7.17. The van der Waals surface area contributed by atoms with E-state index in [-0.39, 0.29) is 19.1 Å². The minimum Gasteiger partial charge on any atom is -0.458 e. The van der Waals surface area contributed by atoms with Crippen LogP contribution < -0.4 is 0 Å². The highest BCUT2D eigenvalue weighted by atomic mass is 16.6. The second-order valence-electron chi connectivity index (χ2n) is 8.10. The highest BCUT2D eigenvalue weighted by Crippen LogP contribution is 2.40. The van der Waals surface area contributed by atoms with Gasteiger partial charge in [-0.15, -0.1) is 0 Å². The third-order valence-electron chi connectivity index (χ3n) is 6.09. The van der Waals surface area contributed by atoms with Crippen LogP contribution in [0.5, 0.6) is 0 Å². The highest BCUT2D eigenvalue weighted by Gasteiger charge is 2.49. The van der Waals surface area contributed by atoms with Gasteiger partial charge in [-0.25, -0.2) is 9.59 Å². The van der Waals surface area contributed by atoms with Crippen LogP contribution in [0.15, 0.2) is 35.2 Å². The summed E-state index contributed by atoms with van der Waals surface area (Å²) in [6, 6.07) is 0. The zero-order valence-corrected chi connectivity index (χ0v) is 17.1. The third kappa shape index (κ3) is 3.39. The van der Waals surface area contributed by atoms with E-state index in [2.05, 4.69) is 0 Å². The maximum absolute atomic E-state index is 12.9. The van der Waals surface area contributed by atoms with Crippen molar-refractivity contribution in [2.75, 3.05) is 20.2 Å². The molecule has 0 saturated carbocycles. The van der Waals surface area contributed by atoms with Crippen LogP contribution in [-0.4, -0.2) is 54.3 Å². The number of esters is 3. The molecule has 28 heavy (non-hydrogen) atoms. The lowest BCUT2D eigenvalue weighted by Gasteiger charge is -2.33. The predicted octanol–water partition coefficient (Wildman–Crippen LogP) is 2.38. The molecule has 7 nitrogen and oxygen atoms in total. The molecule has 0 aliphatic carbocycles. The molecule has 1 saturated heterocycles. The second kappa shape index (κ2) is 7.20. The van der Waals surface area contributed by atoms with Gasteiger partial charge in [-0.1, -0.05) is 13.0 Å². The van der Waals surface area contributed by atoms with Gasteiger partial charge in [0, 0.05) is 30.9 Å². The number of quaternary nitrogens is 1. The van der Waals surface area contributed by atoms with Crippen molar-refractivity contribution in [1.82, 2.24) is 0 Å². The average Bonchev–Trinajstić information content (AvgIpc) is 3.11. The Morgan fingerprint density at radius 2 is 2.11 bits per heavy atom. The Morgan fingerprint density at radius 1 is 1.39 bits per heavy atom. The van der Waals surface area contributed by atoms with E-state index < -0.39 is 29.4 Å². The van der Waals surface area contributed by atoms with Crippen molar-refractivity contribution in [3.05, 3.63) is 35.2 Å². The van der Waals surface area contributed by atoms with Crippen LogP contribution in [0.1, 0.15) is 40.5 Å². The van der Waals surface area contributed by atoms with E-state index in [0.29, 0.717) is 10.1 Å². The second-order valence-corrected chi connectivity index (χ2v) is 8.10. The fourth-order valence-electron chi connectivity index (χ4n) is 4.22. The largest absolute Gasteiger partial charge is 0.458 e. The van der Waals surface area contributed by atoms with E-state index in [1.54, 1.807) is 19.9 Å². The Balaban J connectivity index is 2.02. The Kier molecular flexibility index (Phi) is 5.23. The van der Waals surface area contributed by atoms with Crippen molar-refractivity contribution in [1.29, 1.82) is 0 Å². The average molecular weight is 390 g/mol. The molecule has 0 spiro atoms. The Labute approximate surface area is 165 Å². The van der Waals surface area contributed by atoms with E-state index in [1.807, 2.05) is 19.3 Å². The van der Waals surface area contributed by atoms with Crippen LogP contribution in [0, 0.1) is 5.92 Å². The summed E-state index contributed by atoms with van der Waals surface area (Å²) in [7, 11) is 2.04. The topological polar surface area (TPSA) is 78.9 Å². The van der Waals surface area contributed by atoms with Gasteiger partial charge in [0.1, 0.15) is 12.8 Å². The first kappa shape index (κ1) is 20.3. The minimum absolute atomic E-state index is 0.0482. The Morgan fingerprint density at radius 3 is 2.75 bits per heavy atom. The summed E-state index contributed by atoms with van der Waals surface area (Å²) in [5, 5.41) is 0. The van der Waals surface area contributed by atoms with Gasteiger partial charge in [-0.05, 0) is 20.3 Å². The summed E-state index contributed by atoms with van der Waals surface area (Å²) in [5.41, 5.74) is 0.722. The maximum Gasteiger partial charge on any atom is 0.350 e. The fourth-order valence-corrected chi connectivity index (χ4v) is 4.22. The number of carbonyl (C=O) groups excluding carboxylic acids is 3. The number of likely N-dealkylation sites (N-methyl/N-ethyl adjacent to an activating group) is 1. The van der Waals surface area contributed by atoms with Crippen molar-refractivity contribution < 1.29 is 33.1 Å². The summed E-state index contributed by atoms with van der Waals surface area (Å²) in [5.74, 6) is -2.06. The molecule has 0 aromatic heterocycles. The van der Waals surface area contributed by atoms with Gasteiger partial charge >= 0.3 is 17.9 Å². The van der Waals surface area contributed by atoms with Crippen molar-refractivity contribution in [2.45, 2.75) is 52.2 Å². The molecule has 0 N–H and O–H groups in total. The number of ether oxygens (including phenoxy) is 3. The lowest BCUT2D eigenvalue weighted by atomic mass is 9.85. The van der Waals surface area contributed by atoms with Gasteiger partial charge in [0.15, 0.2) is 11.8 Å². The highest BCUT2D eigenvalue weighted by molar-refractivity contribution is 5.89. The first-order valence-corrected chi connectivity index (χ1v) is 9.61. The summed E-state index contributed by atoms with van der Waals surface area (Å²) in [4.78, 5) is 37.4. The van der Waals surface area contributed by atoms with Gasteiger partial charge in [0.25, 0.3) is 0 Å². The molecule has 152 valence electrons. The quantitative estimate of drug-likeness (QED) is 0.296. The van der Waals surface area contributed by atoms with Gasteiger partial charge in [-0.2, -0.15) is 0 Å². The van der Waals surface area contributed by atoms with E-state index in [4.69, 9.17) is 14.2 Å². The number of rotatable bonds is 1. The molecule has 0 radical (unpaired) electrons. The zero-order valence-electron chi connectivity index (χ0n) is 17.1. The lowest BCUT2D eigenvalue weighted by Crippen LogP contribution is -2.47. The molecule has 4 atom stereocenters. The van der Waals surface area contributed by atoms with Crippen LogP contribution >= 0.6 is 0 Å². The van der Waals surface area contributed by atoms with E-state index in [0.717, 1.165) is 24.2 Å². The molecule has 0 aromatic carbocycles. The third-order valence-corrected chi connectivity index (χ3v) is 6.09. The van der Waals surface area contributed by atoms with Gasteiger partial charge in [0.2, 0.25) is 5.60 Å². The van der Waals surface area contributed by atoms with Crippen LogP contribution in [0.3, 0.4) is 0 Å². The number of allylic oxidation sites excluding steroid dienone is 1. The standard InChI is InChI=1S/C21H28NO6/c1-6-15-11-13(2)21(4,28-14(3)23)20(25)26-12-16-7-9-22(5)10-8-17(18(16)22)27-19(15)24/h6-7,9,13,17H,8,10-12H2,1-5H3/q+1/b15-6+/t13-,17-,21-,22?/m1/s1. The zero-order chi connectivity index (χ0) is 20.7. The molecule has 7 heteroatoms. The van der Waals surface area contributed by atoms with Crippen molar-refractivity contribution in [3.8, 4) is 0 Å². The number of carbonyl (C=O) groups is 3. The van der Waals surface area contributed by atoms with Gasteiger partial charge < -0.3 is 14.2 Å². The maximum atomic E-state index is 12.9. The van der Waals surface area contributed by atoms with E-state index in [9.17, 15) is 14.4 Å². The van der Waals surface area contributed by atoms with Crippen molar-refractivity contribution in [3.63, 3.8) is 0 Å². The molecular weight excluding hydrogens is 362 g/mol. The lowest BCUT2D eigenvalue weighted by molar-refractivity contribution is -0.808. The minimum atomic E-state index is -1.50. The molecule has 3 aliphatic heterocycles. The molecule has 0 aromatic rings. The normalized spacial score (nSPS) is 37.1. The fraction of sp³-hybridized carbons (Fsp3) is 0.571. The van der Waals surface area contributed by atoms with Crippen LogP contribution in [0.2, 0.25) is 0 Å². The smallest absolute Gasteiger partial charge is 0.350 e. The first-order chi connectivity index (χ1) is 13.1. The van der Waals surface area contributed by atoms with Crippen molar-refractivity contribution >= 4 is 17.9 Å². The first-order valence-electron chi connectivity index (χ1n) is 9.61. The molecule has 1 unspecified atom stereocenters. The monoisotopic (exact) mass is 390 g/mol. The van der Waals surface area contributed by atoms with Crippen LogP contribution in [0.4, 0.5) is 0 Å². The molecule has 3 aliphatic rings. The molecule has 0 bridgehead atoms. The summed E-state index contributed by atoms with van der Waals surface area (Å²) >= 11 is 0. The van der Waals surface area contributed by atoms with Crippen molar-refractivity contribution in [2.24, 2.45) is 5.92 Å². The molecule has 0 amide bonds. The number of hydrogen-bond donors (Lipinski definition) is 0. The predicted molar refractivity (Wildman–Crippen MR) is 100 cm³/mol. The number of hydrogen-bond acceptors (Lipinski definition) is 6.